The lowest BCUT2D eigenvalue weighted by Gasteiger charge is -2.31. The number of alkyl halides is 3. The Bertz CT molecular complexity index is 707. The first kappa shape index (κ1) is 15.6. The Morgan fingerprint density at radius 3 is 2.83 bits per heavy atom. The summed E-state index contributed by atoms with van der Waals surface area (Å²) >= 11 is 0. The standard InChI is InChI=1S/C14H15F3N4O2/c1-8-11(19-7-23-8)13(22)21-4-2-3-9(6-21)12-18-5-10(20-12)14(15,16)17/h5,7,9H,2-4,6H2,1H3,(H,18,20)/t9-/m0/s1. The van der Waals surface area contributed by atoms with Gasteiger partial charge in [0, 0.05) is 19.0 Å². The molecule has 1 aliphatic rings. The first-order valence-corrected chi connectivity index (χ1v) is 7.17. The third kappa shape index (κ3) is 3.08. The molecule has 9 heteroatoms. The number of H-pyrrole nitrogens is 1. The number of nitrogens with zero attached hydrogens (tertiary/aromatic N) is 3. The normalized spacial score (nSPS) is 19.1. The molecule has 6 nitrogen and oxygen atoms in total. The maximum atomic E-state index is 12.6. The van der Waals surface area contributed by atoms with Gasteiger partial charge in [0.05, 0.1) is 6.20 Å². The Labute approximate surface area is 129 Å². The zero-order chi connectivity index (χ0) is 16.6. The summed E-state index contributed by atoms with van der Waals surface area (Å²) < 4.78 is 43.0. The Morgan fingerprint density at radius 1 is 1.43 bits per heavy atom. The highest BCUT2D eigenvalue weighted by Crippen LogP contribution is 2.31. The monoisotopic (exact) mass is 328 g/mol. The quantitative estimate of drug-likeness (QED) is 0.920. The fourth-order valence-corrected chi connectivity index (χ4v) is 2.73. The molecular weight excluding hydrogens is 313 g/mol. The number of aryl methyl sites for hydroxylation is 1. The van der Waals surface area contributed by atoms with Gasteiger partial charge in [-0.05, 0) is 19.8 Å². The molecule has 0 saturated carbocycles. The van der Waals surface area contributed by atoms with Crippen molar-refractivity contribution in [3.63, 3.8) is 0 Å². The number of oxazole rings is 1. The number of likely N-dealkylation sites (tertiary alicyclic amines) is 1. The summed E-state index contributed by atoms with van der Waals surface area (Å²) in [6.07, 6.45) is -1.10. The van der Waals surface area contributed by atoms with E-state index in [4.69, 9.17) is 4.42 Å². The second-order valence-corrected chi connectivity index (χ2v) is 5.53. The summed E-state index contributed by atoms with van der Waals surface area (Å²) in [5, 5.41) is 0. The Hall–Kier alpha value is -2.32. The number of hydrogen-bond donors (Lipinski definition) is 1. The minimum Gasteiger partial charge on any atom is -0.448 e. The molecule has 3 rings (SSSR count). The number of aromatic nitrogens is 3. The van der Waals surface area contributed by atoms with E-state index >= 15 is 0 Å². The molecule has 2 aromatic heterocycles. The van der Waals surface area contributed by atoms with Crippen molar-refractivity contribution in [2.75, 3.05) is 13.1 Å². The molecule has 0 unspecified atom stereocenters. The van der Waals surface area contributed by atoms with Crippen molar-refractivity contribution in [3.8, 4) is 0 Å². The fourth-order valence-electron chi connectivity index (χ4n) is 2.73. The third-order valence-electron chi connectivity index (χ3n) is 3.94. The molecule has 1 fully saturated rings. The van der Waals surface area contributed by atoms with Crippen LogP contribution in [0.3, 0.4) is 0 Å². The van der Waals surface area contributed by atoms with Gasteiger partial charge in [-0.1, -0.05) is 0 Å². The van der Waals surface area contributed by atoms with Crippen LogP contribution < -0.4 is 0 Å². The minimum atomic E-state index is -4.45. The van der Waals surface area contributed by atoms with Gasteiger partial charge < -0.3 is 14.3 Å². The van der Waals surface area contributed by atoms with E-state index in [1.54, 1.807) is 11.8 Å². The average molecular weight is 328 g/mol. The van der Waals surface area contributed by atoms with Crippen LogP contribution in [0.1, 0.15) is 46.5 Å². The molecule has 0 spiro atoms. The summed E-state index contributed by atoms with van der Waals surface area (Å²) in [6, 6.07) is 0. The van der Waals surface area contributed by atoms with Crippen LogP contribution in [0, 0.1) is 6.92 Å². The molecule has 1 amide bonds. The van der Waals surface area contributed by atoms with Crippen LogP contribution in [0.5, 0.6) is 0 Å². The van der Waals surface area contributed by atoms with E-state index in [9.17, 15) is 18.0 Å². The zero-order valence-electron chi connectivity index (χ0n) is 12.4. The minimum absolute atomic E-state index is 0.237. The van der Waals surface area contributed by atoms with Crippen LogP contribution in [-0.2, 0) is 6.18 Å². The molecule has 2 aromatic rings. The van der Waals surface area contributed by atoms with E-state index in [-0.39, 0.29) is 23.3 Å². The van der Waals surface area contributed by atoms with Crippen LogP contribution in [0.2, 0.25) is 0 Å². The van der Waals surface area contributed by atoms with Crippen molar-refractivity contribution in [2.45, 2.75) is 31.9 Å². The Kier molecular flexibility index (Phi) is 3.87. The lowest BCUT2D eigenvalue weighted by Crippen LogP contribution is -2.39. The number of halogens is 3. The Morgan fingerprint density at radius 2 is 2.22 bits per heavy atom. The van der Waals surface area contributed by atoms with Crippen LogP contribution in [0.25, 0.3) is 0 Å². The van der Waals surface area contributed by atoms with Gasteiger partial charge in [0.2, 0.25) is 0 Å². The second-order valence-electron chi connectivity index (χ2n) is 5.53. The number of rotatable bonds is 2. The third-order valence-corrected chi connectivity index (χ3v) is 3.94. The van der Waals surface area contributed by atoms with E-state index in [0.717, 1.165) is 6.20 Å². The summed E-state index contributed by atoms with van der Waals surface area (Å²) in [7, 11) is 0. The van der Waals surface area contributed by atoms with Crippen molar-refractivity contribution in [1.29, 1.82) is 0 Å². The molecule has 23 heavy (non-hydrogen) atoms. The van der Waals surface area contributed by atoms with Gasteiger partial charge in [0.15, 0.2) is 12.1 Å². The highest BCUT2D eigenvalue weighted by atomic mass is 19.4. The number of carbonyl (C=O) groups is 1. The smallest absolute Gasteiger partial charge is 0.432 e. The van der Waals surface area contributed by atoms with Gasteiger partial charge >= 0.3 is 6.18 Å². The molecule has 0 aromatic carbocycles. The van der Waals surface area contributed by atoms with Gasteiger partial charge in [-0.25, -0.2) is 9.97 Å². The van der Waals surface area contributed by atoms with Crippen molar-refractivity contribution in [3.05, 3.63) is 35.6 Å². The van der Waals surface area contributed by atoms with Crippen molar-refractivity contribution in [1.82, 2.24) is 19.9 Å². The summed E-state index contributed by atoms with van der Waals surface area (Å²) in [5.74, 6) is 0.153. The molecule has 0 bridgehead atoms. The predicted octanol–water partition coefficient (Wildman–Crippen LogP) is 2.74. The number of nitrogens with one attached hydrogen (secondary N) is 1. The fraction of sp³-hybridized carbons (Fsp3) is 0.500. The molecule has 1 aliphatic heterocycles. The van der Waals surface area contributed by atoms with E-state index < -0.39 is 11.9 Å². The Balaban J connectivity index is 1.75. The summed E-state index contributed by atoms with van der Waals surface area (Å²) in [4.78, 5) is 24.0. The number of piperidine rings is 1. The second kappa shape index (κ2) is 5.71. The van der Waals surface area contributed by atoms with Crippen LogP contribution in [0.15, 0.2) is 17.0 Å². The number of aromatic amines is 1. The topological polar surface area (TPSA) is 75.0 Å². The summed E-state index contributed by atoms with van der Waals surface area (Å²) in [6.45, 7) is 2.48. The van der Waals surface area contributed by atoms with Crippen molar-refractivity contribution >= 4 is 5.91 Å². The highest BCUT2D eigenvalue weighted by molar-refractivity contribution is 5.93. The number of hydrogen-bond acceptors (Lipinski definition) is 4. The van der Waals surface area contributed by atoms with Crippen LogP contribution in [0.4, 0.5) is 13.2 Å². The summed E-state index contributed by atoms with van der Waals surface area (Å²) in [5.41, 5.74) is -0.635. The highest BCUT2D eigenvalue weighted by Gasteiger charge is 2.35. The van der Waals surface area contributed by atoms with E-state index in [1.165, 1.54) is 6.39 Å². The van der Waals surface area contributed by atoms with Gasteiger partial charge in [0.1, 0.15) is 17.3 Å². The molecule has 0 aliphatic carbocycles. The SMILES string of the molecule is Cc1ocnc1C(=O)N1CCC[C@H](c2ncc(C(F)(F)F)[nH]2)C1. The largest absolute Gasteiger partial charge is 0.448 e. The van der Waals surface area contributed by atoms with Gasteiger partial charge in [-0.15, -0.1) is 0 Å². The van der Waals surface area contributed by atoms with Crippen molar-refractivity contribution < 1.29 is 22.4 Å². The van der Waals surface area contributed by atoms with Gasteiger partial charge in [0.25, 0.3) is 5.91 Å². The molecule has 1 N–H and O–H groups in total. The predicted molar refractivity (Wildman–Crippen MR) is 72.7 cm³/mol. The molecule has 3 heterocycles. The first-order valence-electron chi connectivity index (χ1n) is 7.17. The maximum Gasteiger partial charge on any atom is 0.432 e. The lowest BCUT2D eigenvalue weighted by atomic mass is 9.97. The molecule has 124 valence electrons. The van der Waals surface area contributed by atoms with Gasteiger partial charge in [-0.3, -0.25) is 4.79 Å². The van der Waals surface area contributed by atoms with E-state index in [2.05, 4.69) is 15.0 Å². The number of imidazole rings is 1. The van der Waals surface area contributed by atoms with E-state index in [0.29, 0.717) is 31.7 Å². The zero-order valence-corrected chi connectivity index (χ0v) is 12.4. The molecular formula is C14H15F3N4O2. The van der Waals surface area contributed by atoms with Crippen LogP contribution in [-0.4, -0.2) is 38.8 Å². The van der Waals surface area contributed by atoms with Crippen LogP contribution >= 0.6 is 0 Å². The van der Waals surface area contributed by atoms with Crippen molar-refractivity contribution in [2.24, 2.45) is 0 Å². The average Bonchev–Trinajstić information content (AvgIpc) is 3.15. The molecule has 0 radical (unpaired) electrons. The lowest BCUT2D eigenvalue weighted by molar-refractivity contribution is -0.141. The first-order chi connectivity index (χ1) is 10.9. The maximum absolute atomic E-state index is 12.6. The van der Waals surface area contributed by atoms with E-state index in [1.807, 2.05) is 0 Å². The van der Waals surface area contributed by atoms with Gasteiger partial charge in [-0.2, -0.15) is 13.2 Å². The number of carbonyl (C=O) groups excluding carboxylic acids is 1. The number of amides is 1. The molecule has 1 atom stereocenters. The molecule has 1 saturated heterocycles.